The smallest absolute Gasteiger partial charge is 0.324 e. The van der Waals surface area contributed by atoms with Crippen LogP contribution in [0.4, 0.5) is 4.79 Å². The van der Waals surface area contributed by atoms with Gasteiger partial charge in [-0.25, -0.2) is 4.79 Å². The van der Waals surface area contributed by atoms with E-state index in [2.05, 4.69) is 17.0 Å². The van der Waals surface area contributed by atoms with Gasteiger partial charge in [0, 0.05) is 37.8 Å². The first-order chi connectivity index (χ1) is 13.3. The van der Waals surface area contributed by atoms with Gasteiger partial charge >= 0.3 is 6.03 Å². The minimum Gasteiger partial charge on any atom is -0.324 e. The first-order valence-corrected chi connectivity index (χ1v) is 10.5. The number of carbonyl (C=O) groups excluding carboxylic acids is 2. The minimum atomic E-state index is -0.649. The Hall–Kier alpha value is -1.92. The van der Waals surface area contributed by atoms with Crippen LogP contribution in [0.1, 0.15) is 57.6 Å². The standard InChI is InChI=1S/C22H32N4O2/c1-15(2)26-21(28)24(3)20(27)22(26)13-17-9-10-18(14-22)25(17)12-11-19(23)16-7-5-4-6-8-16/h4-8,15,17-19H,9-14,23H2,1-3H3/t17?,18?,19-,22?/m0/s1. The highest BCUT2D eigenvalue weighted by atomic mass is 16.2. The van der Waals surface area contributed by atoms with Crippen LogP contribution in [0.25, 0.3) is 0 Å². The Labute approximate surface area is 167 Å². The molecule has 0 aromatic heterocycles. The molecule has 3 fully saturated rings. The maximum absolute atomic E-state index is 13.1. The van der Waals surface area contributed by atoms with E-state index in [-0.39, 0.29) is 24.0 Å². The van der Waals surface area contributed by atoms with E-state index in [1.54, 1.807) is 7.05 Å². The van der Waals surface area contributed by atoms with Crippen molar-refractivity contribution in [3.8, 4) is 0 Å². The molecule has 2 unspecified atom stereocenters. The van der Waals surface area contributed by atoms with Crippen LogP contribution >= 0.6 is 0 Å². The molecule has 0 aliphatic carbocycles. The Morgan fingerprint density at radius 1 is 1.11 bits per heavy atom. The molecule has 152 valence electrons. The summed E-state index contributed by atoms with van der Waals surface area (Å²) in [6.45, 7) is 4.97. The number of urea groups is 1. The summed E-state index contributed by atoms with van der Waals surface area (Å²) in [4.78, 5) is 31.6. The average molecular weight is 385 g/mol. The van der Waals surface area contributed by atoms with Crippen LogP contribution in [-0.2, 0) is 4.79 Å². The van der Waals surface area contributed by atoms with E-state index in [0.29, 0.717) is 12.1 Å². The van der Waals surface area contributed by atoms with Crippen LogP contribution in [0.2, 0.25) is 0 Å². The molecule has 0 saturated carbocycles. The van der Waals surface area contributed by atoms with E-state index in [1.807, 2.05) is 36.9 Å². The Morgan fingerprint density at radius 2 is 1.71 bits per heavy atom. The Kier molecular flexibility index (Phi) is 4.96. The van der Waals surface area contributed by atoms with Crippen molar-refractivity contribution in [3.63, 3.8) is 0 Å². The molecule has 1 aromatic rings. The molecule has 3 amide bonds. The molecule has 2 N–H and O–H groups in total. The highest BCUT2D eigenvalue weighted by Crippen LogP contribution is 2.48. The van der Waals surface area contributed by atoms with Crippen molar-refractivity contribution in [1.29, 1.82) is 0 Å². The van der Waals surface area contributed by atoms with Gasteiger partial charge in [-0.1, -0.05) is 30.3 Å². The molecule has 6 nitrogen and oxygen atoms in total. The fourth-order valence-electron chi connectivity index (χ4n) is 5.77. The molecule has 3 atom stereocenters. The summed E-state index contributed by atoms with van der Waals surface area (Å²) in [7, 11) is 1.63. The number of amides is 3. The van der Waals surface area contributed by atoms with Gasteiger partial charge in [0.25, 0.3) is 5.91 Å². The summed E-state index contributed by atoms with van der Waals surface area (Å²) in [5.74, 6) is -0.0104. The lowest BCUT2D eigenvalue weighted by Gasteiger charge is -2.48. The van der Waals surface area contributed by atoms with Gasteiger partial charge in [0.15, 0.2) is 0 Å². The van der Waals surface area contributed by atoms with E-state index >= 15 is 0 Å². The predicted molar refractivity (Wildman–Crippen MR) is 109 cm³/mol. The number of fused-ring (bicyclic) bond motifs is 2. The molecule has 6 heteroatoms. The van der Waals surface area contributed by atoms with Crippen molar-refractivity contribution in [1.82, 2.24) is 14.7 Å². The lowest BCUT2D eigenvalue weighted by molar-refractivity contribution is -0.137. The Bertz CT molecular complexity index is 736. The van der Waals surface area contributed by atoms with Gasteiger partial charge in [0.05, 0.1) is 0 Å². The van der Waals surface area contributed by atoms with E-state index in [9.17, 15) is 9.59 Å². The molecule has 28 heavy (non-hydrogen) atoms. The van der Waals surface area contributed by atoms with Crippen LogP contribution in [0, 0.1) is 0 Å². The van der Waals surface area contributed by atoms with Crippen molar-refractivity contribution in [3.05, 3.63) is 35.9 Å². The molecule has 2 bridgehead atoms. The van der Waals surface area contributed by atoms with Gasteiger partial charge in [0.1, 0.15) is 5.54 Å². The van der Waals surface area contributed by atoms with Gasteiger partial charge < -0.3 is 10.6 Å². The van der Waals surface area contributed by atoms with Gasteiger partial charge in [0.2, 0.25) is 0 Å². The molecule has 4 rings (SSSR count). The number of benzene rings is 1. The second-order valence-electron chi connectivity index (χ2n) is 8.98. The lowest BCUT2D eigenvalue weighted by Crippen LogP contribution is -2.61. The van der Waals surface area contributed by atoms with Crippen LogP contribution < -0.4 is 5.73 Å². The Balaban J connectivity index is 1.49. The fraction of sp³-hybridized carbons (Fsp3) is 0.636. The van der Waals surface area contributed by atoms with Gasteiger partial charge in [-0.2, -0.15) is 0 Å². The number of hydrogen-bond acceptors (Lipinski definition) is 4. The first-order valence-electron chi connectivity index (χ1n) is 10.5. The van der Waals surface area contributed by atoms with Crippen molar-refractivity contribution in [2.24, 2.45) is 5.73 Å². The molecular weight excluding hydrogens is 352 g/mol. The SMILES string of the molecule is CC(C)N1C(=O)N(C)C(=O)C12CC1CCC(C2)N1CC[C@H](N)c1ccccc1. The fourth-order valence-corrected chi connectivity index (χ4v) is 5.77. The first kappa shape index (κ1) is 19.4. The number of nitrogens with zero attached hydrogens (tertiary/aromatic N) is 3. The second-order valence-corrected chi connectivity index (χ2v) is 8.98. The molecule has 3 heterocycles. The number of nitrogens with two attached hydrogens (primary N) is 1. The summed E-state index contributed by atoms with van der Waals surface area (Å²) in [5.41, 5.74) is 6.94. The van der Waals surface area contributed by atoms with Crippen molar-refractivity contribution >= 4 is 11.9 Å². The molecule has 3 aliphatic heterocycles. The third-order valence-electron chi connectivity index (χ3n) is 7.02. The number of hydrogen-bond donors (Lipinski definition) is 1. The molecular formula is C22H32N4O2. The molecule has 1 aromatic carbocycles. The molecule has 0 radical (unpaired) electrons. The van der Waals surface area contributed by atoms with E-state index in [1.165, 1.54) is 10.5 Å². The zero-order chi connectivity index (χ0) is 20.1. The third kappa shape index (κ3) is 2.94. The van der Waals surface area contributed by atoms with E-state index in [4.69, 9.17) is 5.73 Å². The quantitative estimate of drug-likeness (QED) is 0.793. The summed E-state index contributed by atoms with van der Waals surface area (Å²) in [6.07, 6.45) is 4.60. The average Bonchev–Trinajstić information content (AvgIpc) is 3.03. The lowest BCUT2D eigenvalue weighted by atomic mass is 9.80. The predicted octanol–water partition coefficient (Wildman–Crippen LogP) is 2.74. The minimum absolute atomic E-state index is 0.0104. The number of imide groups is 1. The maximum Gasteiger partial charge on any atom is 0.327 e. The summed E-state index contributed by atoms with van der Waals surface area (Å²) >= 11 is 0. The van der Waals surface area contributed by atoms with Crippen LogP contribution in [0.15, 0.2) is 30.3 Å². The number of carbonyl (C=O) groups is 2. The van der Waals surface area contributed by atoms with Gasteiger partial charge in [-0.05, 0) is 51.5 Å². The van der Waals surface area contributed by atoms with Crippen LogP contribution in [-0.4, -0.2) is 63.9 Å². The largest absolute Gasteiger partial charge is 0.327 e. The van der Waals surface area contributed by atoms with Gasteiger partial charge in [-0.15, -0.1) is 0 Å². The second kappa shape index (κ2) is 7.16. The number of rotatable bonds is 5. The van der Waals surface area contributed by atoms with E-state index in [0.717, 1.165) is 38.6 Å². The topological polar surface area (TPSA) is 69.9 Å². The molecule has 1 spiro atoms. The molecule has 3 aliphatic rings. The monoisotopic (exact) mass is 384 g/mol. The summed E-state index contributed by atoms with van der Waals surface area (Å²) in [6, 6.07) is 10.9. The third-order valence-corrected chi connectivity index (χ3v) is 7.02. The van der Waals surface area contributed by atoms with Crippen molar-refractivity contribution in [2.75, 3.05) is 13.6 Å². The normalized spacial score (nSPS) is 31.5. The number of likely N-dealkylation sites (N-methyl/N-ethyl adjacent to an activating group) is 1. The van der Waals surface area contributed by atoms with Crippen molar-refractivity contribution in [2.45, 2.75) is 75.7 Å². The maximum atomic E-state index is 13.1. The summed E-state index contributed by atoms with van der Waals surface area (Å²) < 4.78 is 0. The van der Waals surface area contributed by atoms with Crippen LogP contribution in [0.3, 0.4) is 0 Å². The Morgan fingerprint density at radius 3 is 2.29 bits per heavy atom. The summed E-state index contributed by atoms with van der Waals surface area (Å²) in [5, 5.41) is 0. The molecule has 3 saturated heterocycles. The highest BCUT2D eigenvalue weighted by Gasteiger charge is 2.62. The van der Waals surface area contributed by atoms with Crippen LogP contribution in [0.5, 0.6) is 0 Å². The van der Waals surface area contributed by atoms with Crippen molar-refractivity contribution < 1.29 is 9.59 Å². The highest BCUT2D eigenvalue weighted by molar-refractivity contribution is 6.07. The zero-order valence-electron chi connectivity index (χ0n) is 17.2. The van der Waals surface area contributed by atoms with E-state index < -0.39 is 5.54 Å². The number of piperidine rings is 1. The van der Waals surface area contributed by atoms with Gasteiger partial charge in [-0.3, -0.25) is 14.6 Å². The zero-order valence-corrected chi connectivity index (χ0v) is 17.2.